The number of nitrogens with zero attached hydrogens (tertiary/aromatic N) is 3. The van der Waals surface area contributed by atoms with Crippen molar-refractivity contribution in [3.05, 3.63) is 65.9 Å². The Kier molecular flexibility index (Phi) is 5.68. The van der Waals surface area contributed by atoms with Crippen LogP contribution in [0.1, 0.15) is 10.5 Å². The van der Waals surface area contributed by atoms with Gasteiger partial charge in [0.25, 0.3) is 5.91 Å². The number of amides is 1. The Hall–Kier alpha value is -3.58. The van der Waals surface area contributed by atoms with Crippen LogP contribution in [-0.2, 0) is 17.1 Å². The van der Waals surface area contributed by atoms with Gasteiger partial charge in [0.1, 0.15) is 10.7 Å². The second kappa shape index (κ2) is 8.57. The van der Waals surface area contributed by atoms with Crippen molar-refractivity contribution in [1.29, 1.82) is 0 Å². The fourth-order valence-corrected chi connectivity index (χ4v) is 5.83. The normalized spacial score (nSPS) is 20.9. The lowest BCUT2D eigenvalue weighted by Crippen LogP contribution is -2.43. The van der Waals surface area contributed by atoms with Crippen molar-refractivity contribution in [2.24, 2.45) is 13.0 Å². The van der Waals surface area contributed by atoms with Gasteiger partial charge in [-0.05, 0) is 12.1 Å². The summed E-state index contributed by atoms with van der Waals surface area (Å²) < 4.78 is 76.6. The van der Waals surface area contributed by atoms with E-state index in [4.69, 9.17) is 4.74 Å². The summed E-state index contributed by atoms with van der Waals surface area (Å²) in [5, 5.41) is 2.26. The average molecular weight is 507 g/mol. The van der Waals surface area contributed by atoms with Crippen LogP contribution < -0.4 is 19.7 Å². The molecule has 3 aromatic rings. The fourth-order valence-electron chi connectivity index (χ4n) is 4.34. The maximum Gasteiger partial charge on any atom is 0.276 e. The van der Waals surface area contributed by atoms with E-state index < -0.39 is 39.4 Å². The van der Waals surface area contributed by atoms with Gasteiger partial charge in [0, 0.05) is 62.3 Å². The molecular weight excluding hydrogens is 487 g/mol. The number of carbonyl (C=O) groups excluding carboxylic acids is 1. The number of carbonyl (C=O) groups is 1. The number of anilines is 2. The molecule has 0 spiro atoms. The van der Waals surface area contributed by atoms with Crippen molar-refractivity contribution in [3.8, 4) is 5.75 Å². The first kappa shape index (κ1) is 23.2. The predicted molar refractivity (Wildman–Crippen MR) is 119 cm³/mol. The summed E-state index contributed by atoms with van der Waals surface area (Å²) >= 11 is 0. The van der Waals surface area contributed by atoms with Crippen molar-refractivity contribution in [2.75, 3.05) is 29.9 Å². The first-order valence-electron chi connectivity index (χ1n) is 10.6. The topological polar surface area (TPSA) is 106 Å². The van der Waals surface area contributed by atoms with Gasteiger partial charge in [-0.15, -0.1) is 0 Å². The molecular formula is C22H20F3N5O4S. The van der Waals surface area contributed by atoms with Crippen LogP contribution in [0.3, 0.4) is 0 Å². The number of nitrogens with one attached hydrogen (secondary N) is 2. The van der Waals surface area contributed by atoms with Crippen LogP contribution in [0.2, 0.25) is 0 Å². The summed E-state index contributed by atoms with van der Waals surface area (Å²) in [5.74, 6) is -5.22. The van der Waals surface area contributed by atoms with Gasteiger partial charge in [-0.1, -0.05) is 6.07 Å². The van der Waals surface area contributed by atoms with Crippen molar-refractivity contribution >= 4 is 27.4 Å². The molecule has 1 saturated heterocycles. The Morgan fingerprint density at radius 3 is 2.63 bits per heavy atom. The van der Waals surface area contributed by atoms with E-state index in [1.165, 1.54) is 17.8 Å². The van der Waals surface area contributed by atoms with Gasteiger partial charge >= 0.3 is 0 Å². The molecule has 2 aliphatic rings. The second-order valence-electron chi connectivity index (χ2n) is 8.38. The number of sulfonamides is 1. The van der Waals surface area contributed by atoms with Crippen LogP contribution in [0, 0.1) is 23.4 Å². The third kappa shape index (κ3) is 4.21. The number of aromatic nitrogens is 2. The van der Waals surface area contributed by atoms with E-state index in [1.54, 1.807) is 12.3 Å². The first-order valence-corrected chi connectivity index (χ1v) is 12.1. The molecule has 1 fully saturated rings. The number of rotatable bonds is 3. The highest BCUT2D eigenvalue weighted by Crippen LogP contribution is 2.35. The van der Waals surface area contributed by atoms with Crippen molar-refractivity contribution in [1.82, 2.24) is 14.3 Å². The average Bonchev–Trinajstić information content (AvgIpc) is 3.36. The first-order chi connectivity index (χ1) is 16.6. The van der Waals surface area contributed by atoms with Crippen LogP contribution in [-0.4, -0.2) is 49.6 Å². The molecule has 0 aliphatic carbocycles. The predicted octanol–water partition coefficient (Wildman–Crippen LogP) is 2.27. The largest absolute Gasteiger partial charge is 0.489 e. The summed E-state index contributed by atoms with van der Waals surface area (Å²) in [5.41, 5.74) is -0.511. The van der Waals surface area contributed by atoms with Crippen molar-refractivity contribution < 1.29 is 31.1 Å². The molecule has 4 heterocycles. The highest BCUT2D eigenvalue weighted by atomic mass is 32.2. The van der Waals surface area contributed by atoms with Crippen molar-refractivity contribution in [3.63, 3.8) is 0 Å². The highest BCUT2D eigenvalue weighted by Gasteiger charge is 2.41. The fraction of sp³-hybridized carbons (Fsp3) is 0.273. The van der Waals surface area contributed by atoms with E-state index >= 15 is 0 Å². The number of aryl methyl sites for hydroxylation is 1. The SMILES string of the molecule is Cn1cc2c(c1C(=O)Nc1cc(F)c(F)c(F)c1)OC[C@@H]1CN(c3ccccn3)C[C@@H]1NS2(=O)=O. The lowest BCUT2D eigenvalue weighted by Gasteiger charge is -2.23. The number of halogens is 3. The monoisotopic (exact) mass is 507 g/mol. The molecule has 35 heavy (non-hydrogen) atoms. The van der Waals surface area contributed by atoms with E-state index in [2.05, 4.69) is 15.0 Å². The second-order valence-corrected chi connectivity index (χ2v) is 10.1. The molecule has 2 N–H and O–H groups in total. The zero-order valence-corrected chi connectivity index (χ0v) is 19.2. The van der Waals surface area contributed by atoms with E-state index in [0.717, 1.165) is 0 Å². The van der Waals surface area contributed by atoms with Gasteiger partial charge in [0.2, 0.25) is 10.0 Å². The third-order valence-corrected chi connectivity index (χ3v) is 7.49. The van der Waals surface area contributed by atoms with Crippen LogP contribution in [0.5, 0.6) is 5.75 Å². The van der Waals surface area contributed by atoms with E-state index in [9.17, 15) is 26.4 Å². The zero-order valence-electron chi connectivity index (χ0n) is 18.3. The molecule has 2 aromatic heterocycles. The quantitative estimate of drug-likeness (QED) is 0.527. The van der Waals surface area contributed by atoms with Gasteiger partial charge in [-0.25, -0.2) is 31.3 Å². The number of fused-ring (bicyclic) bond motifs is 2. The molecule has 184 valence electrons. The Morgan fingerprint density at radius 1 is 1.20 bits per heavy atom. The van der Waals surface area contributed by atoms with Crippen LogP contribution >= 0.6 is 0 Å². The van der Waals surface area contributed by atoms with Crippen LogP contribution in [0.15, 0.2) is 47.6 Å². The maximum atomic E-state index is 13.6. The summed E-state index contributed by atoms with van der Waals surface area (Å²) in [7, 11) is -2.64. The van der Waals surface area contributed by atoms with E-state index in [1.807, 2.05) is 17.0 Å². The summed E-state index contributed by atoms with van der Waals surface area (Å²) in [6, 6.07) is 6.25. The zero-order chi connectivity index (χ0) is 24.9. The summed E-state index contributed by atoms with van der Waals surface area (Å²) in [4.78, 5) is 19.0. The molecule has 13 heteroatoms. The molecule has 9 nitrogen and oxygen atoms in total. The van der Waals surface area contributed by atoms with Gasteiger partial charge < -0.3 is 19.5 Å². The number of benzene rings is 1. The minimum Gasteiger partial charge on any atom is -0.489 e. The van der Waals surface area contributed by atoms with E-state index in [-0.39, 0.29) is 34.6 Å². The number of ether oxygens (including phenoxy) is 1. The van der Waals surface area contributed by atoms with Crippen LogP contribution in [0.25, 0.3) is 0 Å². The smallest absolute Gasteiger partial charge is 0.276 e. The Labute approximate surface area is 198 Å². The molecule has 0 saturated carbocycles. The van der Waals surface area contributed by atoms with Gasteiger partial charge in [-0.3, -0.25) is 4.79 Å². The third-order valence-electron chi connectivity index (χ3n) is 6.01. The van der Waals surface area contributed by atoms with Crippen molar-refractivity contribution in [2.45, 2.75) is 10.9 Å². The van der Waals surface area contributed by atoms with Gasteiger partial charge in [0.15, 0.2) is 28.9 Å². The molecule has 0 bridgehead atoms. The Bertz CT molecular complexity index is 1390. The Balaban J connectivity index is 1.44. The number of pyridine rings is 1. The maximum absolute atomic E-state index is 13.6. The lowest BCUT2D eigenvalue weighted by molar-refractivity contribution is 0.101. The molecule has 5 rings (SSSR count). The van der Waals surface area contributed by atoms with Gasteiger partial charge in [0.05, 0.1) is 6.61 Å². The molecule has 0 unspecified atom stereocenters. The summed E-state index contributed by atoms with van der Waals surface area (Å²) in [6.07, 6.45) is 2.88. The molecule has 1 aromatic carbocycles. The summed E-state index contributed by atoms with van der Waals surface area (Å²) in [6.45, 7) is 0.969. The Morgan fingerprint density at radius 2 is 1.94 bits per heavy atom. The molecule has 1 amide bonds. The molecule has 0 radical (unpaired) electrons. The minimum absolute atomic E-state index is 0.105. The standard InChI is InChI=1S/C22H20F3N5O4S/c1-29-10-17-21(20(29)22(31)27-13-6-14(23)19(25)15(24)7-13)34-11-12-8-30(18-4-2-3-5-26-18)9-16(12)28-35(17,32)33/h2-7,10,12,16,28H,8-9,11H2,1H3,(H,27,31)/t12-,16-/m0/s1. The van der Waals surface area contributed by atoms with Crippen LogP contribution in [0.4, 0.5) is 24.7 Å². The van der Waals surface area contributed by atoms with E-state index in [0.29, 0.717) is 31.0 Å². The number of hydrogen-bond acceptors (Lipinski definition) is 6. The molecule has 2 aliphatic heterocycles. The number of hydrogen-bond donors (Lipinski definition) is 2. The van der Waals surface area contributed by atoms with Gasteiger partial charge in [-0.2, -0.15) is 0 Å². The highest BCUT2D eigenvalue weighted by molar-refractivity contribution is 7.89. The molecule has 2 atom stereocenters. The lowest BCUT2D eigenvalue weighted by atomic mass is 10.1. The minimum atomic E-state index is -4.08.